The van der Waals surface area contributed by atoms with Crippen molar-refractivity contribution in [3.05, 3.63) is 60.3 Å². The Kier molecular flexibility index (Phi) is 5.03. The summed E-state index contributed by atoms with van der Waals surface area (Å²) in [5.41, 5.74) is 2.18. The van der Waals surface area contributed by atoms with E-state index in [9.17, 15) is 9.90 Å². The maximum Gasteiger partial charge on any atom is 0.339 e. The number of nitrogens with one attached hydrogen (secondary N) is 1. The van der Waals surface area contributed by atoms with E-state index in [1.54, 1.807) is 7.11 Å². The average Bonchev–Trinajstić information content (AvgIpc) is 2.55. The van der Waals surface area contributed by atoms with Gasteiger partial charge in [-0.2, -0.15) is 0 Å². The van der Waals surface area contributed by atoms with Crippen LogP contribution in [0.1, 0.15) is 10.4 Å². The van der Waals surface area contributed by atoms with Crippen molar-refractivity contribution in [2.75, 3.05) is 12.4 Å². The fraction of sp³-hybridized carbons (Fsp3) is 0.0588. The summed E-state index contributed by atoms with van der Waals surface area (Å²) in [6.45, 7) is 0. The molecule has 0 radical (unpaired) electrons. The minimum atomic E-state index is -1.02. The van der Waals surface area contributed by atoms with Crippen LogP contribution >= 0.6 is 12.4 Å². The summed E-state index contributed by atoms with van der Waals surface area (Å²) in [5.74, 6) is -0.280. The van der Waals surface area contributed by atoms with Crippen molar-refractivity contribution in [1.29, 1.82) is 0 Å². The Morgan fingerprint density at radius 1 is 1.13 bits per heavy atom. The van der Waals surface area contributed by atoms with Crippen molar-refractivity contribution in [1.82, 2.24) is 4.98 Å². The average molecular weight is 331 g/mol. The van der Waals surface area contributed by atoms with Gasteiger partial charge in [-0.1, -0.05) is 18.2 Å². The summed E-state index contributed by atoms with van der Waals surface area (Å²) >= 11 is 0. The van der Waals surface area contributed by atoms with Crippen LogP contribution in [0.3, 0.4) is 0 Å². The molecule has 0 amide bonds. The van der Waals surface area contributed by atoms with E-state index in [2.05, 4.69) is 10.3 Å². The van der Waals surface area contributed by atoms with Crippen LogP contribution < -0.4 is 10.1 Å². The number of nitrogens with zero attached hydrogens (tertiary/aromatic N) is 1. The number of carboxylic acid groups (broad SMARTS) is 1. The van der Waals surface area contributed by atoms with Gasteiger partial charge in [-0.15, -0.1) is 12.4 Å². The monoisotopic (exact) mass is 330 g/mol. The van der Waals surface area contributed by atoms with Crippen LogP contribution in [0.25, 0.3) is 10.9 Å². The second-order valence-corrected chi connectivity index (χ2v) is 4.72. The summed E-state index contributed by atoms with van der Waals surface area (Å²) in [5, 5.41) is 13.3. The second kappa shape index (κ2) is 6.98. The Morgan fingerprint density at radius 3 is 2.48 bits per heavy atom. The van der Waals surface area contributed by atoms with Crippen molar-refractivity contribution in [2.45, 2.75) is 0 Å². The van der Waals surface area contributed by atoms with E-state index in [-0.39, 0.29) is 18.0 Å². The van der Waals surface area contributed by atoms with Crippen molar-refractivity contribution in [3.8, 4) is 5.75 Å². The van der Waals surface area contributed by atoms with E-state index >= 15 is 0 Å². The number of hydrogen-bond acceptors (Lipinski definition) is 4. The molecule has 2 N–H and O–H groups in total. The molecule has 23 heavy (non-hydrogen) atoms. The molecule has 0 saturated carbocycles. The molecule has 0 saturated heterocycles. The quantitative estimate of drug-likeness (QED) is 0.753. The third-order valence-corrected chi connectivity index (χ3v) is 3.37. The van der Waals surface area contributed by atoms with Gasteiger partial charge in [0.05, 0.1) is 18.3 Å². The number of halogens is 1. The molecule has 0 spiro atoms. The van der Waals surface area contributed by atoms with E-state index in [0.29, 0.717) is 5.69 Å². The van der Waals surface area contributed by atoms with Gasteiger partial charge < -0.3 is 15.2 Å². The van der Waals surface area contributed by atoms with Crippen LogP contribution in [0, 0.1) is 0 Å². The van der Waals surface area contributed by atoms with E-state index in [4.69, 9.17) is 4.74 Å². The number of carboxylic acids is 1. The Labute approximate surface area is 139 Å². The molecule has 1 heterocycles. The number of rotatable bonds is 4. The molecule has 0 aliphatic rings. The molecule has 0 aliphatic carbocycles. The van der Waals surface area contributed by atoms with Crippen molar-refractivity contribution < 1.29 is 14.6 Å². The first kappa shape index (κ1) is 16.6. The van der Waals surface area contributed by atoms with Crippen LogP contribution in [0.15, 0.2) is 54.7 Å². The Hall–Kier alpha value is -2.79. The van der Waals surface area contributed by atoms with Crippen LogP contribution in [0.4, 0.5) is 11.4 Å². The molecule has 0 bridgehead atoms. The predicted octanol–water partition coefficient (Wildman–Crippen LogP) is 4.11. The lowest BCUT2D eigenvalue weighted by molar-refractivity contribution is 0.0697. The number of ether oxygens (including phenoxy) is 1. The van der Waals surface area contributed by atoms with Gasteiger partial charge in [-0.25, -0.2) is 4.79 Å². The fourth-order valence-corrected chi connectivity index (χ4v) is 2.26. The summed E-state index contributed by atoms with van der Waals surface area (Å²) in [7, 11) is 1.60. The van der Waals surface area contributed by atoms with E-state index < -0.39 is 5.97 Å². The largest absolute Gasteiger partial charge is 0.497 e. The molecule has 118 valence electrons. The van der Waals surface area contributed by atoms with Gasteiger partial charge in [0.2, 0.25) is 0 Å². The smallest absolute Gasteiger partial charge is 0.339 e. The van der Waals surface area contributed by atoms with Crippen LogP contribution in [-0.2, 0) is 0 Å². The SMILES string of the molecule is COc1ccc(Nc2c(C(=O)O)cnc3ccccc23)cc1.Cl. The maximum atomic E-state index is 11.5. The zero-order valence-corrected chi connectivity index (χ0v) is 13.1. The zero-order chi connectivity index (χ0) is 15.5. The number of fused-ring (bicyclic) bond motifs is 1. The lowest BCUT2D eigenvalue weighted by atomic mass is 10.1. The first-order valence-electron chi connectivity index (χ1n) is 6.71. The lowest BCUT2D eigenvalue weighted by Gasteiger charge is -2.13. The summed E-state index contributed by atoms with van der Waals surface area (Å²) in [6, 6.07) is 14.7. The highest BCUT2D eigenvalue weighted by atomic mass is 35.5. The molecule has 0 fully saturated rings. The normalized spacial score (nSPS) is 9.96. The second-order valence-electron chi connectivity index (χ2n) is 4.72. The third-order valence-electron chi connectivity index (χ3n) is 3.37. The topological polar surface area (TPSA) is 71.5 Å². The molecule has 0 atom stereocenters. The number of methoxy groups -OCH3 is 1. The highest BCUT2D eigenvalue weighted by Crippen LogP contribution is 2.29. The molecular formula is C17H15ClN2O3. The van der Waals surface area contributed by atoms with E-state index in [1.807, 2.05) is 48.5 Å². The van der Waals surface area contributed by atoms with Gasteiger partial charge >= 0.3 is 5.97 Å². The molecule has 2 aromatic carbocycles. The predicted molar refractivity (Wildman–Crippen MR) is 92.2 cm³/mol. The number of benzene rings is 2. The van der Waals surface area contributed by atoms with Crippen molar-refractivity contribution in [3.63, 3.8) is 0 Å². The van der Waals surface area contributed by atoms with Crippen molar-refractivity contribution in [2.24, 2.45) is 0 Å². The molecule has 0 unspecified atom stereocenters. The Morgan fingerprint density at radius 2 is 1.83 bits per heavy atom. The number of para-hydroxylation sites is 1. The molecule has 1 aromatic heterocycles. The van der Waals surface area contributed by atoms with Crippen LogP contribution in [-0.4, -0.2) is 23.2 Å². The van der Waals surface area contributed by atoms with Gasteiger partial charge in [-0.05, 0) is 30.3 Å². The minimum absolute atomic E-state index is 0. The van der Waals surface area contributed by atoms with E-state index in [0.717, 1.165) is 22.3 Å². The van der Waals surface area contributed by atoms with Gasteiger partial charge in [0.15, 0.2) is 0 Å². The number of aromatic carboxylic acids is 1. The van der Waals surface area contributed by atoms with Gasteiger partial charge in [-0.3, -0.25) is 4.98 Å². The van der Waals surface area contributed by atoms with Gasteiger partial charge in [0.1, 0.15) is 11.3 Å². The van der Waals surface area contributed by atoms with Gasteiger partial charge in [0.25, 0.3) is 0 Å². The standard InChI is InChI=1S/C17H14N2O3.ClH/c1-22-12-8-6-11(7-9-12)19-16-13-4-2-3-5-15(13)18-10-14(16)17(20)21;/h2-10H,1H3,(H,18,19)(H,20,21);1H. The van der Waals surface area contributed by atoms with E-state index in [1.165, 1.54) is 6.20 Å². The molecule has 3 rings (SSSR count). The fourth-order valence-electron chi connectivity index (χ4n) is 2.26. The summed E-state index contributed by atoms with van der Waals surface area (Å²) in [4.78, 5) is 15.6. The Balaban J connectivity index is 0.00000192. The zero-order valence-electron chi connectivity index (χ0n) is 12.3. The first-order chi connectivity index (χ1) is 10.7. The third kappa shape index (κ3) is 3.35. The number of hydrogen-bond donors (Lipinski definition) is 2. The summed E-state index contributed by atoms with van der Waals surface area (Å²) < 4.78 is 5.12. The highest BCUT2D eigenvalue weighted by Gasteiger charge is 2.14. The van der Waals surface area contributed by atoms with Gasteiger partial charge in [0, 0.05) is 17.3 Å². The van der Waals surface area contributed by atoms with Crippen molar-refractivity contribution >= 4 is 40.7 Å². The lowest BCUT2D eigenvalue weighted by Crippen LogP contribution is -2.04. The molecular weight excluding hydrogens is 316 g/mol. The molecule has 5 nitrogen and oxygen atoms in total. The molecule has 3 aromatic rings. The minimum Gasteiger partial charge on any atom is -0.497 e. The number of anilines is 2. The highest BCUT2D eigenvalue weighted by molar-refractivity contribution is 6.05. The molecule has 6 heteroatoms. The number of carbonyl (C=O) groups is 1. The van der Waals surface area contributed by atoms with Crippen LogP contribution in [0.5, 0.6) is 5.75 Å². The summed E-state index contributed by atoms with van der Waals surface area (Å²) in [6.07, 6.45) is 1.37. The Bertz CT molecular complexity index is 835. The number of aromatic nitrogens is 1. The maximum absolute atomic E-state index is 11.5. The van der Waals surface area contributed by atoms with Crippen LogP contribution in [0.2, 0.25) is 0 Å². The molecule has 0 aliphatic heterocycles. The first-order valence-corrected chi connectivity index (χ1v) is 6.71. The number of pyridine rings is 1.